The van der Waals surface area contributed by atoms with Crippen LogP contribution in [-0.2, 0) is 0 Å². The number of halogens is 5. The van der Waals surface area contributed by atoms with Crippen molar-refractivity contribution in [2.24, 2.45) is 0 Å². The molecule has 2 aromatic carbocycles. The topological polar surface area (TPSA) is 20.2 Å². The molecule has 0 amide bonds. The van der Waals surface area contributed by atoms with Crippen molar-refractivity contribution in [2.75, 3.05) is 0 Å². The highest BCUT2D eigenvalue weighted by Crippen LogP contribution is 2.35. The molecule has 0 aliphatic heterocycles. The number of hydrogen-bond donors (Lipinski definition) is 1. The molecule has 0 aliphatic carbocycles. The Labute approximate surface area is 136 Å². The van der Waals surface area contributed by atoms with Crippen LogP contribution in [0.15, 0.2) is 39.3 Å². The first kappa shape index (κ1) is 15.3. The summed E-state index contributed by atoms with van der Waals surface area (Å²) >= 11 is 18.3. The summed E-state index contributed by atoms with van der Waals surface area (Å²) in [6, 6.07) is 7.60. The van der Waals surface area contributed by atoms with Gasteiger partial charge in [-0.2, -0.15) is 0 Å². The highest BCUT2D eigenvalue weighted by molar-refractivity contribution is 9.10. The second-order valence-electron chi connectivity index (χ2n) is 3.86. The minimum absolute atomic E-state index is 0.0770. The maximum Gasteiger partial charge on any atom is 0.130 e. The lowest BCUT2D eigenvalue weighted by Gasteiger charge is -2.15. The van der Waals surface area contributed by atoms with E-state index in [1.165, 1.54) is 12.1 Å². The third-order valence-corrected chi connectivity index (χ3v) is 4.62. The van der Waals surface area contributed by atoms with Crippen molar-refractivity contribution in [2.45, 2.75) is 6.10 Å². The van der Waals surface area contributed by atoms with E-state index in [-0.39, 0.29) is 5.56 Å². The van der Waals surface area contributed by atoms with Crippen molar-refractivity contribution in [3.05, 3.63) is 66.3 Å². The van der Waals surface area contributed by atoms with Crippen molar-refractivity contribution in [1.29, 1.82) is 0 Å². The lowest BCUT2D eigenvalue weighted by atomic mass is 10.0. The summed E-state index contributed by atoms with van der Waals surface area (Å²) in [5.41, 5.74) is 0.488. The van der Waals surface area contributed by atoms with Crippen LogP contribution in [0.25, 0.3) is 0 Å². The number of benzene rings is 2. The predicted octanol–water partition coefficient (Wildman–Crippen LogP) is 5.74. The summed E-state index contributed by atoms with van der Waals surface area (Å²) < 4.78 is 15.1. The molecule has 0 radical (unpaired) electrons. The Bertz CT molecular complexity index is 634. The zero-order valence-electron chi connectivity index (χ0n) is 9.30. The molecule has 2 aromatic rings. The van der Waals surface area contributed by atoms with Gasteiger partial charge in [0.2, 0.25) is 0 Å². The lowest BCUT2D eigenvalue weighted by molar-refractivity contribution is 0.215. The Kier molecular flexibility index (Phi) is 4.90. The molecule has 2 rings (SSSR count). The second kappa shape index (κ2) is 6.10. The van der Waals surface area contributed by atoms with Crippen LogP contribution in [0.1, 0.15) is 17.2 Å². The van der Waals surface area contributed by atoms with Crippen LogP contribution in [0, 0.1) is 5.82 Å². The molecule has 0 fully saturated rings. The van der Waals surface area contributed by atoms with E-state index in [0.29, 0.717) is 20.1 Å². The minimum atomic E-state index is -1.18. The Morgan fingerprint density at radius 1 is 1.00 bits per heavy atom. The number of aliphatic hydroxyl groups excluding tert-OH is 1. The predicted molar refractivity (Wildman–Crippen MR) is 82.3 cm³/mol. The van der Waals surface area contributed by atoms with Gasteiger partial charge in [-0.15, -0.1) is 0 Å². The quantitative estimate of drug-likeness (QED) is 0.605. The Morgan fingerprint density at radius 3 is 2.37 bits per heavy atom. The number of hydrogen-bond acceptors (Lipinski definition) is 1. The van der Waals surface area contributed by atoms with Crippen molar-refractivity contribution in [3.63, 3.8) is 0 Å². The summed E-state index contributed by atoms with van der Waals surface area (Å²) in [4.78, 5) is 0. The first-order valence-corrected chi connectivity index (χ1v) is 7.52. The van der Waals surface area contributed by atoms with Crippen LogP contribution in [0.5, 0.6) is 0 Å². The van der Waals surface area contributed by atoms with Gasteiger partial charge in [0.05, 0.1) is 5.02 Å². The maximum absolute atomic E-state index is 13.9. The van der Waals surface area contributed by atoms with E-state index in [0.717, 1.165) is 4.47 Å². The van der Waals surface area contributed by atoms with Gasteiger partial charge in [0.15, 0.2) is 0 Å². The molecule has 6 heteroatoms. The third-order valence-electron chi connectivity index (χ3n) is 2.59. The SMILES string of the molecule is OC(c1cc(Cl)c(Br)cc1F)c1cc(Br)ccc1Cl. The molecule has 0 spiro atoms. The Balaban J connectivity index is 2.52. The fourth-order valence-corrected chi connectivity index (χ4v) is 2.73. The highest BCUT2D eigenvalue weighted by Gasteiger charge is 2.19. The van der Waals surface area contributed by atoms with Crippen molar-refractivity contribution in [1.82, 2.24) is 0 Å². The average molecular weight is 429 g/mol. The first-order valence-electron chi connectivity index (χ1n) is 5.17. The fraction of sp³-hybridized carbons (Fsp3) is 0.0769. The Hall–Kier alpha value is -0.130. The zero-order valence-corrected chi connectivity index (χ0v) is 14.0. The molecule has 0 aromatic heterocycles. The summed E-state index contributed by atoms with van der Waals surface area (Å²) in [5.74, 6) is -0.556. The van der Waals surface area contributed by atoms with Gasteiger partial charge in [-0.05, 0) is 46.3 Å². The molecule has 1 atom stereocenters. The van der Waals surface area contributed by atoms with Crippen LogP contribution in [0.3, 0.4) is 0 Å². The van der Waals surface area contributed by atoms with Gasteiger partial charge in [0.25, 0.3) is 0 Å². The lowest BCUT2D eigenvalue weighted by Crippen LogP contribution is -2.04. The second-order valence-corrected chi connectivity index (χ2v) is 6.44. The molecule has 0 saturated carbocycles. The van der Waals surface area contributed by atoms with E-state index in [4.69, 9.17) is 23.2 Å². The van der Waals surface area contributed by atoms with Crippen molar-refractivity contribution >= 4 is 55.1 Å². The normalized spacial score (nSPS) is 12.5. The molecule has 19 heavy (non-hydrogen) atoms. The van der Waals surface area contributed by atoms with Gasteiger partial charge in [-0.25, -0.2) is 4.39 Å². The number of aliphatic hydroxyl groups is 1. The smallest absolute Gasteiger partial charge is 0.130 e. The third kappa shape index (κ3) is 3.31. The summed E-state index contributed by atoms with van der Waals surface area (Å²) in [6.07, 6.45) is -1.18. The monoisotopic (exact) mass is 426 g/mol. The molecule has 0 aliphatic rings. The molecule has 0 heterocycles. The average Bonchev–Trinajstić information content (AvgIpc) is 2.36. The summed E-state index contributed by atoms with van der Waals surface area (Å²) in [5, 5.41) is 11.0. The number of rotatable bonds is 2. The summed E-state index contributed by atoms with van der Waals surface area (Å²) in [6.45, 7) is 0. The standard InChI is InChI=1S/C13H7Br2Cl2FO/c14-6-1-2-10(16)7(3-6)13(19)8-4-11(17)9(15)5-12(8)18/h1-5,13,19H. The van der Waals surface area contributed by atoms with E-state index in [2.05, 4.69) is 31.9 Å². The minimum Gasteiger partial charge on any atom is -0.383 e. The van der Waals surface area contributed by atoms with Crippen molar-refractivity contribution in [3.8, 4) is 0 Å². The van der Waals surface area contributed by atoms with Gasteiger partial charge in [0, 0.05) is 25.1 Å². The Morgan fingerprint density at radius 2 is 1.68 bits per heavy atom. The van der Waals surface area contributed by atoms with Crippen LogP contribution < -0.4 is 0 Å². The van der Waals surface area contributed by atoms with Gasteiger partial charge in [-0.3, -0.25) is 0 Å². The molecule has 0 saturated heterocycles. The largest absolute Gasteiger partial charge is 0.383 e. The van der Waals surface area contributed by atoms with Gasteiger partial charge < -0.3 is 5.11 Å². The molecule has 1 unspecified atom stereocenters. The van der Waals surface area contributed by atoms with E-state index >= 15 is 0 Å². The molecule has 1 N–H and O–H groups in total. The molecule has 0 bridgehead atoms. The molecular formula is C13H7Br2Cl2FO. The fourth-order valence-electron chi connectivity index (χ4n) is 1.64. The first-order chi connectivity index (χ1) is 8.90. The van der Waals surface area contributed by atoms with Gasteiger partial charge in [0.1, 0.15) is 11.9 Å². The van der Waals surface area contributed by atoms with Crippen LogP contribution in [-0.4, -0.2) is 5.11 Å². The van der Waals surface area contributed by atoms with E-state index in [1.807, 2.05) is 0 Å². The zero-order chi connectivity index (χ0) is 14.2. The van der Waals surface area contributed by atoms with E-state index in [1.54, 1.807) is 18.2 Å². The van der Waals surface area contributed by atoms with E-state index in [9.17, 15) is 9.50 Å². The van der Waals surface area contributed by atoms with Crippen LogP contribution in [0.2, 0.25) is 10.0 Å². The van der Waals surface area contributed by atoms with Crippen LogP contribution in [0.4, 0.5) is 4.39 Å². The van der Waals surface area contributed by atoms with E-state index < -0.39 is 11.9 Å². The maximum atomic E-state index is 13.9. The van der Waals surface area contributed by atoms with Gasteiger partial charge >= 0.3 is 0 Å². The summed E-state index contributed by atoms with van der Waals surface area (Å²) in [7, 11) is 0. The van der Waals surface area contributed by atoms with Gasteiger partial charge in [-0.1, -0.05) is 39.1 Å². The van der Waals surface area contributed by atoms with Crippen LogP contribution >= 0.6 is 55.1 Å². The van der Waals surface area contributed by atoms with Crippen molar-refractivity contribution < 1.29 is 9.50 Å². The molecular weight excluding hydrogens is 422 g/mol. The molecule has 100 valence electrons. The molecule has 1 nitrogen and oxygen atoms in total. The highest BCUT2D eigenvalue weighted by atomic mass is 79.9.